The lowest BCUT2D eigenvalue weighted by Gasteiger charge is -2.46. The van der Waals surface area contributed by atoms with E-state index in [2.05, 4.69) is 15.2 Å². The molecule has 3 fully saturated rings. The Bertz CT molecular complexity index is 1590. The molecule has 4 heterocycles. The first-order valence-corrected chi connectivity index (χ1v) is 16.1. The molecule has 1 atom stereocenters. The van der Waals surface area contributed by atoms with Crippen LogP contribution in [0.2, 0.25) is 0 Å². The number of rotatable bonds is 9. The van der Waals surface area contributed by atoms with Crippen molar-refractivity contribution < 1.29 is 33.0 Å². The molecule has 46 heavy (non-hydrogen) atoms. The Balaban J connectivity index is 1.06. The number of halogens is 2. The van der Waals surface area contributed by atoms with Crippen molar-refractivity contribution in [1.82, 2.24) is 20.1 Å². The Morgan fingerprint density at radius 1 is 0.957 bits per heavy atom. The van der Waals surface area contributed by atoms with Gasteiger partial charge >= 0.3 is 0 Å². The number of aromatic nitrogens is 1. The van der Waals surface area contributed by atoms with Crippen molar-refractivity contribution >= 4 is 34.3 Å². The molecule has 6 rings (SSSR count). The lowest BCUT2D eigenvalue weighted by molar-refractivity contribution is -0.149. The molecule has 1 spiro atoms. The van der Waals surface area contributed by atoms with Crippen LogP contribution < -0.4 is 10.2 Å². The number of likely N-dealkylation sites (tertiary alicyclic amines) is 2. The van der Waals surface area contributed by atoms with Gasteiger partial charge in [-0.1, -0.05) is 0 Å². The molecule has 246 valence electrons. The van der Waals surface area contributed by atoms with Crippen LogP contribution in [0.15, 0.2) is 42.5 Å². The van der Waals surface area contributed by atoms with Crippen molar-refractivity contribution in [3.05, 3.63) is 65.4 Å². The first-order valence-electron chi connectivity index (χ1n) is 16.1. The molecular formula is C34H41F2N5O5. The predicted octanol–water partition coefficient (Wildman–Crippen LogP) is 3.59. The Hall–Kier alpha value is -3.87. The van der Waals surface area contributed by atoms with Crippen LogP contribution in [0.5, 0.6) is 0 Å². The van der Waals surface area contributed by atoms with Crippen LogP contribution in [0.4, 0.5) is 14.5 Å². The van der Waals surface area contributed by atoms with Crippen LogP contribution in [0.25, 0.3) is 10.9 Å². The fourth-order valence-corrected chi connectivity index (χ4v) is 7.05. The average Bonchev–Trinajstić information content (AvgIpc) is 3.61. The molecule has 3 N–H and O–H groups in total. The van der Waals surface area contributed by atoms with E-state index in [1.165, 1.54) is 4.90 Å². The molecule has 10 nitrogen and oxygen atoms in total. The average molecular weight is 638 g/mol. The number of fused-ring (bicyclic) bond motifs is 1. The van der Waals surface area contributed by atoms with Gasteiger partial charge in [-0.05, 0) is 93.1 Å². The number of benzene rings is 2. The number of piperidine rings is 2. The van der Waals surface area contributed by atoms with E-state index < -0.39 is 29.0 Å². The van der Waals surface area contributed by atoms with Crippen LogP contribution >= 0.6 is 0 Å². The van der Waals surface area contributed by atoms with Crippen LogP contribution in [0, 0.1) is 17.0 Å². The largest absolute Gasteiger partial charge is 0.380 e. The van der Waals surface area contributed by atoms with E-state index in [1.807, 2.05) is 11.8 Å². The predicted molar refractivity (Wildman–Crippen MR) is 168 cm³/mol. The van der Waals surface area contributed by atoms with Gasteiger partial charge in [-0.15, -0.1) is 0 Å². The minimum absolute atomic E-state index is 0.0526. The van der Waals surface area contributed by atoms with Gasteiger partial charge in [0.05, 0.1) is 6.61 Å². The monoisotopic (exact) mass is 637 g/mol. The van der Waals surface area contributed by atoms with Crippen LogP contribution in [-0.4, -0.2) is 95.7 Å². The number of carbonyl (C=O) groups excluding carboxylic acids is 3. The number of carbonyl (C=O) groups is 3. The van der Waals surface area contributed by atoms with E-state index in [4.69, 9.17) is 4.74 Å². The number of amides is 3. The van der Waals surface area contributed by atoms with Gasteiger partial charge in [0.15, 0.2) is 0 Å². The van der Waals surface area contributed by atoms with Crippen molar-refractivity contribution in [2.24, 2.45) is 5.41 Å². The molecule has 0 bridgehead atoms. The number of aliphatic hydroxyl groups is 1. The zero-order valence-electron chi connectivity index (χ0n) is 26.1. The summed E-state index contributed by atoms with van der Waals surface area (Å²) in [6.07, 6.45) is 4.14. The smallest absolute Gasteiger partial charge is 0.270 e. The summed E-state index contributed by atoms with van der Waals surface area (Å²) in [7, 11) is 0. The molecule has 3 aliphatic rings. The molecule has 12 heteroatoms. The van der Waals surface area contributed by atoms with Crippen molar-refractivity contribution in [3.8, 4) is 0 Å². The SMILES string of the molecule is CCOCCN1CCC2(CC1)CCN(C(=O)c1cc3cc(N4CCC(O)(C(=O)NCc5cc(F)cc(F)c5)C4=O)ccc3[nH]1)CC2. The zero-order valence-corrected chi connectivity index (χ0v) is 26.1. The normalized spacial score (nSPS) is 21.8. The van der Waals surface area contributed by atoms with E-state index in [1.54, 1.807) is 24.3 Å². The number of hydrogen-bond donors (Lipinski definition) is 3. The Kier molecular flexibility index (Phi) is 9.13. The summed E-state index contributed by atoms with van der Waals surface area (Å²) in [6, 6.07) is 9.86. The quantitative estimate of drug-likeness (QED) is 0.244. The second-order valence-corrected chi connectivity index (χ2v) is 12.8. The molecule has 3 aromatic rings. The number of nitrogens with zero attached hydrogens (tertiary/aromatic N) is 3. The number of hydrogen-bond acceptors (Lipinski definition) is 6. The summed E-state index contributed by atoms with van der Waals surface area (Å²) in [5.74, 6) is -3.36. The van der Waals surface area contributed by atoms with Gasteiger partial charge in [0.2, 0.25) is 5.60 Å². The highest BCUT2D eigenvalue weighted by Crippen LogP contribution is 2.41. The summed E-state index contributed by atoms with van der Waals surface area (Å²) in [5, 5.41) is 14.2. The second-order valence-electron chi connectivity index (χ2n) is 12.8. The van der Waals surface area contributed by atoms with Gasteiger partial charge in [0.25, 0.3) is 17.7 Å². The fraction of sp³-hybridized carbons (Fsp3) is 0.500. The third kappa shape index (κ3) is 6.51. The minimum Gasteiger partial charge on any atom is -0.380 e. The highest BCUT2D eigenvalue weighted by atomic mass is 19.1. The third-order valence-corrected chi connectivity index (χ3v) is 9.98. The summed E-state index contributed by atoms with van der Waals surface area (Å²) in [6.45, 7) is 7.93. The topological polar surface area (TPSA) is 118 Å². The van der Waals surface area contributed by atoms with E-state index in [9.17, 15) is 28.3 Å². The molecule has 3 amide bonds. The molecule has 2 aromatic carbocycles. The van der Waals surface area contributed by atoms with Crippen molar-refractivity contribution in [2.45, 2.75) is 51.2 Å². The maximum Gasteiger partial charge on any atom is 0.270 e. The van der Waals surface area contributed by atoms with Gasteiger partial charge in [0.1, 0.15) is 17.3 Å². The first kappa shape index (κ1) is 32.1. The summed E-state index contributed by atoms with van der Waals surface area (Å²) < 4.78 is 32.5. The maximum atomic E-state index is 13.5. The number of nitrogens with one attached hydrogen (secondary N) is 2. The lowest BCUT2D eigenvalue weighted by atomic mass is 9.71. The molecule has 0 aliphatic carbocycles. The summed E-state index contributed by atoms with van der Waals surface area (Å²) >= 11 is 0. The molecule has 3 saturated heterocycles. The number of H-pyrrole nitrogens is 1. The maximum absolute atomic E-state index is 13.5. The van der Waals surface area contributed by atoms with Crippen molar-refractivity contribution in [2.75, 3.05) is 57.4 Å². The highest BCUT2D eigenvalue weighted by Gasteiger charge is 2.51. The summed E-state index contributed by atoms with van der Waals surface area (Å²) in [5.41, 5.74) is -0.149. The molecule has 1 unspecified atom stereocenters. The second kappa shape index (κ2) is 13.1. The molecular weight excluding hydrogens is 596 g/mol. The molecule has 0 saturated carbocycles. The van der Waals surface area contributed by atoms with E-state index in [0.717, 1.165) is 101 Å². The van der Waals surface area contributed by atoms with Crippen LogP contribution in [-0.2, 0) is 20.9 Å². The van der Waals surface area contributed by atoms with Gasteiger partial charge in [-0.2, -0.15) is 0 Å². The molecule has 3 aliphatic heterocycles. The molecule has 0 radical (unpaired) electrons. The Labute approximate surface area is 266 Å². The minimum atomic E-state index is -2.31. The third-order valence-electron chi connectivity index (χ3n) is 9.98. The number of anilines is 1. The number of ether oxygens (including phenoxy) is 1. The Morgan fingerprint density at radius 3 is 2.35 bits per heavy atom. The zero-order chi connectivity index (χ0) is 32.5. The number of aromatic amines is 1. The lowest BCUT2D eigenvalue weighted by Crippen LogP contribution is -2.52. The van der Waals surface area contributed by atoms with Crippen LogP contribution in [0.3, 0.4) is 0 Å². The van der Waals surface area contributed by atoms with Crippen molar-refractivity contribution in [1.29, 1.82) is 0 Å². The Morgan fingerprint density at radius 2 is 1.65 bits per heavy atom. The van der Waals surface area contributed by atoms with E-state index in [0.29, 0.717) is 16.8 Å². The van der Waals surface area contributed by atoms with Crippen LogP contribution in [0.1, 0.15) is 55.1 Å². The van der Waals surface area contributed by atoms with E-state index >= 15 is 0 Å². The van der Waals surface area contributed by atoms with Crippen molar-refractivity contribution in [3.63, 3.8) is 0 Å². The standard InChI is InChI=1S/C34H41F2N5O5/c1-2-46-16-15-39-10-5-33(6-11-39)7-12-40(13-8-33)30(42)29-20-24-19-27(3-4-28(24)38-29)41-14-9-34(45,32(41)44)31(43)37-22-23-17-25(35)21-26(36)18-23/h3-4,17-21,38,45H,2,5-16,22H2,1H3,(H,37,43). The van der Waals surface area contributed by atoms with Gasteiger partial charge in [0, 0.05) is 68.4 Å². The first-order chi connectivity index (χ1) is 22.1. The summed E-state index contributed by atoms with van der Waals surface area (Å²) in [4.78, 5) is 48.5. The fourth-order valence-electron chi connectivity index (χ4n) is 7.05. The highest BCUT2D eigenvalue weighted by molar-refractivity contribution is 6.16. The van der Waals surface area contributed by atoms with Gasteiger partial charge < -0.3 is 34.8 Å². The molecule has 1 aromatic heterocycles. The van der Waals surface area contributed by atoms with Gasteiger partial charge in [-0.3, -0.25) is 14.4 Å². The van der Waals surface area contributed by atoms with E-state index in [-0.39, 0.29) is 31.0 Å². The van der Waals surface area contributed by atoms with Gasteiger partial charge in [-0.25, -0.2) is 8.78 Å².